The van der Waals surface area contributed by atoms with Gasteiger partial charge in [0.2, 0.25) is 5.91 Å². The summed E-state index contributed by atoms with van der Waals surface area (Å²) in [4.78, 5) is 27.8. The highest BCUT2D eigenvalue weighted by molar-refractivity contribution is 5.90. The third kappa shape index (κ3) is 4.57. The minimum atomic E-state index is -0.152. The van der Waals surface area contributed by atoms with E-state index in [1.807, 2.05) is 19.1 Å². The summed E-state index contributed by atoms with van der Waals surface area (Å²) in [7, 11) is 0. The van der Waals surface area contributed by atoms with Crippen molar-refractivity contribution in [3.05, 3.63) is 83.0 Å². The first-order valence-electron chi connectivity index (χ1n) is 8.26. The Bertz CT molecular complexity index is 952. The van der Waals surface area contributed by atoms with Crippen LogP contribution in [0.2, 0.25) is 0 Å². The lowest BCUT2D eigenvalue weighted by Crippen LogP contribution is -2.21. The topological polar surface area (TPSA) is 73.2 Å². The summed E-state index contributed by atoms with van der Waals surface area (Å²) in [6, 6.07) is 14.0. The molecule has 2 heterocycles. The number of aromatic nitrogens is 2. The van der Waals surface area contributed by atoms with Gasteiger partial charge in [0, 0.05) is 37.1 Å². The van der Waals surface area contributed by atoms with E-state index in [1.165, 1.54) is 10.6 Å². The first-order chi connectivity index (χ1) is 12.6. The SMILES string of the molecule is Cc1cc(NC(=O)CCn2ccccc2=O)ccc1Oc1cccnc1. The lowest BCUT2D eigenvalue weighted by Gasteiger charge is -2.11. The predicted molar refractivity (Wildman–Crippen MR) is 99.4 cm³/mol. The predicted octanol–water partition coefficient (Wildman–Crippen LogP) is 3.37. The zero-order valence-corrected chi connectivity index (χ0v) is 14.4. The van der Waals surface area contributed by atoms with Crippen LogP contribution in [0.1, 0.15) is 12.0 Å². The van der Waals surface area contributed by atoms with Crippen molar-refractivity contribution in [1.82, 2.24) is 9.55 Å². The van der Waals surface area contributed by atoms with Crippen LogP contribution in [0.3, 0.4) is 0 Å². The van der Waals surface area contributed by atoms with Crippen molar-refractivity contribution in [3.63, 3.8) is 0 Å². The number of carbonyl (C=O) groups is 1. The van der Waals surface area contributed by atoms with Crippen LogP contribution in [0.15, 0.2) is 71.9 Å². The number of hydrogen-bond donors (Lipinski definition) is 1. The molecular formula is C20H19N3O3. The molecule has 0 aliphatic carbocycles. The Morgan fingerprint density at radius 1 is 1.19 bits per heavy atom. The number of nitrogens with zero attached hydrogens (tertiary/aromatic N) is 2. The smallest absolute Gasteiger partial charge is 0.250 e. The van der Waals surface area contributed by atoms with E-state index in [4.69, 9.17) is 4.74 Å². The van der Waals surface area contributed by atoms with Crippen LogP contribution in [0.5, 0.6) is 11.5 Å². The van der Waals surface area contributed by atoms with E-state index < -0.39 is 0 Å². The minimum Gasteiger partial charge on any atom is -0.455 e. The van der Waals surface area contributed by atoms with Crippen molar-refractivity contribution in [2.45, 2.75) is 19.9 Å². The van der Waals surface area contributed by atoms with Crippen molar-refractivity contribution in [3.8, 4) is 11.5 Å². The van der Waals surface area contributed by atoms with E-state index in [1.54, 1.807) is 48.9 Å². The van der Waals surface area contributed by atoms with Crippen molar-refractivity contribution >= 4 is 11.6 Å². The molecule has 0 saturated heterocycles. The van der Waals surface area contributed by atoms with Gasteiger partial charge in [0.15, 0.2) is 0 Å². The van der Waals surface area contributed by atoms with Gasteiger partial charge in [-0.15, -0.1) is 0 Å². The molecule has 3 aromatic rings. The summed E-state index contributed by atoms with van der Waals surface area (Å²) in [5, 5.41) is 2.84. The summed E-state index contributed by atoms with van der Waals surface area (Å²) < 4.78 is 7.28. The van der Waals surface area contributed by atoms with Crippen LogP contribution in [0, 0.1) is 6.92 Å². The molecule has 0 unspecified atom stereocenters. The van der Waals surface area contributed by atoms with Gasteiger partial charge in [0.05, 0.1) is 6.20 Å². The molecule has 26 heavy (non-hydrogen) atoms. The molecule has 2 aromatic heterocycles. The summed E-state index contributed by atoms with van der Waals surface area (Å²) in [5.74, 6) is 1.20. The highest BCUT2D eigenvalue weighted by Crippen LogP contribution is 2.26. The number of aryl methyl sites for hydroxylation is 2. The quantitative estimate of drug-likeness (QED) is 0.740. The van der Waals surface area contributed by atoms with Crippen molar-refractivity contribution in [2.24, 2.45) is 0 Å². The van der Waals surface area contributed by atoms with E-state index in [2.05, 4.69) is 10.3 Å². The van der Waals surface area contributed by atoms with E-state index >= 15 is 0 Å². The third-order valence-electron chi connectivity index (χ3n) is 3.80. The summed E-state index contributed by atoms with van der Waals surface area (Å²) in [6.07, 6.45) is 5.21. The zero-order chi connectivity index (χ0) is 18.4. The standard InChI is InChI=1S/C20H19N3O3/c1-15-13-16(7-8-18(15)26-17-5-4-10-21-14-17)22-19(24)9-12-23-11-3-2-6-20(23)25/h2-8,10-11,13-14H,9,12H2,1H3,(H,22,24). The molecule has 0 saturated carbocycles. The van der Waals surface area contributed by atoms with Crippen LogP contribution in [-0.4, -0.2) is 15.5 Å². The highest BCUT2D eigenvalue weighted by atomic mass is 16.5. The van der Waals surface area contributed by atoms with Gasteiger partial charge in [-0.2, -0.15) is 0 Å². The van der Waals surface area contributed by atoms with Gasteiger partial charge in [-0.1, -0.05) is 6.07 Å². The fraction of sp³-hybridized carbons (Fsp3) is 0.150. The Balaban J connectivity index is 1.59. The fourth-order valence-corrected chi connectivity index (χ4v) is 2.47. The second kappa shape index (κ2) is 8.11. The summed E-state index contributed by atoms with van der Waals surface area (Å²) >= 11 is 0. The van der Waals surface area contributed by atoms with Crippen LogP contribution in [-0.2, 0) is 11.3 Å². The van der Waals surface area contributed by atoms with E-state index in [-0.39, 0.29) is 17.9 Å². The van der Waals surface area contributed by atoms with E-state index in [9.17, 15) is 9.59 Å². The van der Waals surface area contributed by atoms with Gasteiger partial charge in [-0.25, -0.2) is 0 Å². The average Bonchev–Trinajstić information content (AvgIpc) is 2.64. The maximum Gasteiger partial charge on any atom is 0.250 e. The maximum atomic E-state index is 12.1. The van der Waals surface area contributed by atoms with Crippen molar-refractivity contribution in [2.75, 3.05) is 5.32 Å². The molecule has 0 aliphatic rings. The fourth-order valence-electron chi connectivity index (χ4n) is 2.47. The molecule has 0 aliphatic heterocycles. The molecule has 1 amide bonds. The van der Waals surface area contributed by atoms with Crippen LogP contribution in [0.25, 0.3) is 0 Å². The monoisotopic (exact) mass is 349 g/mol. The zero-order valence-electron chi connectivity index (χ0n) is 14.4. The number of benzene rings is 1. The summed E-state index contributed by atoms with van der Waals surface area (Å²) in [5.41, 5.74) is 1.46. The average molecular weight is 349 g/mol. The third-order valence-corrected chi connectivity index (χ3v) is 3.80. The number of rotatable bonds is 6. The largest absolute Gasteiger partial charge is 0.455 e. The van der Waals surface area contributed by atoms with Gasteiger partial charge < -0.3 is 14.6 Å². The maximum absolute atomic E-state index is 12.1. The Morgan fingerprint density at radius 2 is 2.08 bits per heavy atom. The molecule has 1 aromatic carbocycles. The molecule has 0 radical (unpaired) electrons. The molecule has 1 N–H and O–H groups in total. The Labute approximate surface area is 151 Å². The molecular weight excluding hydrogens is 330 g/mol. The van der Waals surface area contributed by atoms with E-state index in [0.717, 1.165) is 5.56 Å². The lowest BCUT2D eigenvalue weighted by atomic mass is 10.2. The van der Waals surface area contributed by atoms with Gasteiger partial charge in [-0.05, 0) is 48.9 Å². The number of carbonyl (C=O) groups excluding carboxylic acids is 1. The molecule has 132 valence electrons. The number of pyridine rings is 2. The normalized spacial score (nSPS) is 10.3. The van der Waals surface area contributed by atoms with Gasteiger partial charge >= 0.3 is 0 Å². The van der Waals surface area contributed by atoms with Crippen molar-refractivity contribution in [1.29, 1.82) is 0 Å². The molecule has 6 nitrogen and oxygen atoms in total. The number of ether oxygens (including phenoxy) is 1. The second-order valence-corrected chi connectivity index (χ2v) is 5.80. The number of hydrogen-bond acceptors (Lipinski definition) is 4. The van der Waals surface area contributed by atoms with Gasteiger partial charge in [0.25, 0.3) is 5.56 Å². The molecule has 0 spiro atoms. The van der Waals surface area contributed by atoms with Gasteiger partial charge in [0.1, 0.15) is 11.5 Å². The Hall–Kier alpha value is -3.41. The minimum absolute atomic E-state index is 0.118. The molecule has 0 fully saturated rings. The first kappa shape index (κ1) is 17.4. The van der Waals surface area contributed by atoms with E-state index in [0.29, 0.717) is 23.7 Å². The highest BCUT2D eigenvalue weighted by Gasteiger charge is 2.07. The number of nitrogens with one attached hydrogen (secondary N) is 1. The van der Waals surface area contributed by atoms with Crippen molar-refractivity contribution < 1.29 is 9.53 Å². The lowest BCUT2D eigenvalue weighted by molar-refractivity contribution is -0.116. The number of anilines is 1. The first-order valence-corrected chi connectivity index (χ1v) is 8.26. The van der Waals surface area contributed by atoms with Crippen LogP contribution in [0.4, 0.5) is 5.69 Å². The van der Waals surface area contributed by atoms with Crippen LogP contribution >= 0.6 is 0 Å². The second-order valence-electron chi connectivity index (χ2n) is 5.80. The van der Waals surface area contributed by atoms with Gasteiger partial charge in [-0.3, -0.25) is 14.6 Å². The molecule has 6 heteroatoms. The molecule has 0 atom stereocenters. The summed E-state index contributed by atoms with van der Waals surface area (Å²) in [6.45, 7) is 2.25. The Kier molecular flexibility index (Phi) is 5.43. The Morgan fingerprint density at radius 3 is 2.81 bits per heavy atom. The molecule has 0 bridgehead atoms. The number of amides is 1. The molecule has 3 rings (SSSR count). The van der Waals surface area contributed by atoms with Crippen LogP contribution < -0.4 is 15.6 Å².